The number of carbonyl (C=O) groups excluding carboxylic acids is 1. The molecule has 0 radical (unpaired) electrons. The molecular weight excluding hydrogens is 411 g/mol. The normalized spacial score (nSPS) is 10.5. The van der Waals surface area contributed by atoms with Crippen LogP contribution in [0.3, 0.4) is 0 Å². The Morgan fingerprint density at radius 1 is 1.09 bits per heavy atom. The Balaban J connectivity index is 0.00000242. The van der Waals surface area contributed by atoms with Gasteiger partial charge in [0.25, 0.3) is 5.91 Å². The van der Waals surface area contributed by atoms with Crippen LogP contribution in [0, 0.1) is 3.57 Å². The second kappa shape index (κ2) is 9.33. The van der Waals surface area contributed by atoms with Gasteiger partial charge in [-0.2, -0.15) is 0 Å². The first kappa shape index (κ1) is 19.2. The Morgan fingerprint density at radius 3 is 2.41 bits per heavy atom. The molecule has 120 valence electrons. The molecule has 0 aliphatic rings. The van der Waals surface area contributed by atoms with E-state index in [4.69, 9.17) is 0 Å². The first-order valence-corrected chi connectivity index (χ1v) is 8.41. The molecule has 5 heteroatoms. The number of hydrogen-bond acceptors (Lipinski definition) is 2. The number of likely N-dealkylation sites (N-methyl/N-ethyl adjacent to an activating group) is 1. The van der Waals surface area contributed by atoms with Crippen molar-refractivity contribution in [1.29, 1.82) is 0 Å². The van der Waals surface area contributed by atoms with E-state index >= 15 is 0 Å². The highest BCUT2D eigenvalue weighted by Crippen LogP contribution is 2.19. The third-order valence-corrected chi connectivity index (χ3v) is 4.34. The summed E-state index contributed by atoms with van der Waals surface area (Å²) in [6, 6.07) is 12.1. The van der Waals surface area contributed by atoms with Gasteiger partial charge in [-0.25, -0.2) is 0 Å². The molecule has 0 saturated heterocycles. The van der Waals surface area contributed by atoms with E-state index in [1.165, 1.54) is 8.96 Å². The molecule has 2 aromatic rings. The summed E-state index contributed by atoms with van der Waals surface area (Å²) in [5.74, 6) is 0.00241. The Morgan fingerprint density at radius 2 is 1.73 bits per heavy atom. The quantitative estimate of drug-likeness (QED) is 0.701. The molecule has 0 saturated carbocycles. The number of halogens is 2. The number of nitrogens with one attached hydrogen (secondary N) is 1. The van der Waals surface area contributed by atoms with Crippen molar-refractivity contribution in [2.24, 2.45) is 0 Å². The summed E-state index contributed by atoms with van der Waals surface area (Å²) >= 11 is 2.30. The fraction of sp³-hybridized carbons (Fsp3) is 0.353. The van der Waals surface area contributed by atoms with Gasteiger partial charge in [0.2, 0.25) is 0 Å². The van der Waals surface area contributed by atoms with Gasteiger partial charge in [-0.05, 0) is 70.7 Å². The fourth-order valence-electron chi connectivity index (χ4n) is 2.33. The van der Waals surface area contributed by atoms with Crippen molar-refractivity contribution >= 4 is 51.7 Å². The molecule has 0 atom stereocenters. The summed E-state index contributed by atoms with van der Waals surface area (Å²) in [5.41, 5.74) is 0.725. The van der Waals surface area contributed by atoms with Crippen molar-refractivity contribution < 1.29 is 4.79 Å². The van der Waals surface area contributed by atoms with Crippen molar-refractivity contribution in [1.82, 2.24) is 10.2 Å². The van der Waals surface area contributed by atoms with Crippen LogP contribution < -0.4 is 5.32 Å². The van der Waals surface area contributed by atoms with E-state index in [-0.39, 0.29) is 18.3 Å². The van der Waals surface area contributed by atoms with Crippen LogP contribution in [0.1, 0.15) is 24.2 Å². The number of rotatable bonds is 6. The smallest absolute Gasteiger partial charge is 0.251 e. The summed E-state index contributed by atoms with van der Waals surface area (Å²) in [5, 5.41) is 5.26. The number of amides is 1. The molecule has 2 aromatic carbocycles. The van der Waals surface area contributed by atoms with E-state index in [1.54, 1.807) is 0 Å². The van der Waals surface area contributed by atoms with Crippen LogP contribution in [0.25, 0.3) is 10.8 Å². The van der Waals surface area contributed by atoms with Gasteiger partial charge in [0.1, 0.15) is 0 Å². The molecule has 0 unspecified atom stereocenters. The Bertz CT molecular complexity index is 629. The highest BCUT2D eigenvalue weighted by atomic mass is 127. The molecule has 3 nitrogen and oxygen atoms in total. The molecule has 1 amide bonds. The van der Waals surface area contributed by atoms with Gasteiger partial charge in [0, 0.05) is 22.2 Å². The first-order valence-electron chi connectivity index (χ1n) is 7.34. The van der Waals surface area contributed by atoms with Gasteiger partial charge >= 0.3 is 0 Å². The minimum atomic E-state index is 0. The molecule has 0 bridgehead atoms. The summed E-state index contributed by atoms with van der Waals surface area (Å²) < 4.78 is 1.21. The third-order valence-electron chi connectivity index (χ3n) is 3.67. The van der Waals surface area contributed by atoms with Crippen LogP contribution in [-0.4, -0.2) is 37.0 Å². The van der Waals surface area contributed by atoms with Gasteiger partial charge in [0.15, 0.2) is 0 Å². The number of nitrogens with zero attached hydrogens (tertiary/aromatic N) is 1. The molecule has 0 aromatic heterocycles. The maximum Gasteiger partial charge on any atom is 0.251 e. The minimum Gasteiger partial charge on any atom is -0.351 e. The van der Waals surface area contributed by atoms with E-state index in [0.717, 1.165) is 30.6 Å². The van der Waals surface area contributed by atoms with Gasteiger partial charge in [0.05, 0.1) is 0 Å². The average Bonchev–Trinajstić information content (AvgIpc) is 2.50. The first-order chi connectivity index (χ1) is 10.1. The lowest BCUT2D eigenvalue weighted by Crippen LogP contribution is -2.34. The van der Waals surface area contributed by atoms with Crippen LogP contribution in [-0.2, 0) is 0 Å². The van der Waals surface area contributed by atoms with E-state index in [2.05, 4.69) is 64.9 Å². The molecule has 22 heavy (non-hydrogen) atoms. The SMILES string of the molecule is CCN(CC)CCNC(=O)c1ccc2cc(I)ccc2c1.Cl. The van der Waals surface area contributed by atoms with Crippen molar-refractivity contribution in [3.63, 3.8) is 0 Å². The maximum atomic E-state index is 12.2. The molecule has 0 spiro atoms. The number of hydrogen-bond donors (Lipinski definition) is 1. The second-order valence-electron chi connectivity index (χ2n) is 4.99. The Labute approximate surface area is 152 Å². The van der Waals surface area contributed by atoms with Crippen molar-refractivity contribution in [2.75, 3.05) is 26.2 Å². The largest absolute Gasteiger partial charge is 0.351 e. The van der Waals surface area contributed by atoms with Crippen LogP contribution >= 0.6 is 35.0 Å². The Kier molecular flexibility index (Phi) is 8.14. The molecular formula is C17H22ClIN2O. The molecule has 1 N–H and O–H groups in total. The number of benzene rings is 2. The zero-order valence-electron chi connectivity index (χ0n) is 12.9. The lowest BCUT2D eigenvalue weighted by molar-refractivity contribution is 0.0949. The lowest BCUT2D eigenvalue weighted by Gasteiger charge is -2.18. The summed E-state index contributed by atoms with van der Waals surface area (Å²) in [6.45, 7) is 7.88. The third kappa shape index (κ3) is 5.11. The minimum absolute atomic E-state index is 0. The van der Waals surface area contributed by atoms with Crippen LogP contribution in [0.5, 0.6) is 0 Å². The molecule has 0 aliphatic heterocycles. The predicted octanol–water partition coefficient (Wildman–Crippen LogP) is 3.94. The number of fused-ring (bicyclic) bond motifs is 1. The summed E-state index contributed by atoms with van der Waals surface area (Å²) in [4.78, 5) is 14.5. The Hall–Kier alpha value is -0.850. The average molecular weight is 433 g/mol. The van der Waals surface area contributed by atoms with Crippen LogP contribution in [0.2, 0.25) is 0 Å². The van der Waals surface area contributed by atoms with Gasteiger partial charge < -0.3 is 10.2 Å². The fourth-order valence-corrected chi connectivity index (χ4v) is 2.84. The predicted molar refractivity (Wildman–Crippen MR) is 104 cm³/mol. The highest BCUT2D eigenvalue weighted by Gasteiger charge is 2.07. The highest BCUT2D eigenvalue weighted by molar-refractivity contribution is 14.1. The van der Waals surface area contributed by atoms with Crippen LogP contribution in [0.15, 0.2) is 36.4 Å². The zero-order chi connectivity index (χ0) is 15.2. The van der Waals surface area contributed by atoms with Crippen LogP contribution in [0.4, 0.5) is 0 Å². The molecule has 0 heterocycles. The zero-order valence-corrected chi connectivity index (χ0v) is 15.9. The van der Waals surface area contributed by atoms with E-state index in [1.807, 2.05) is 18.2 Å². The topological polar surface area (TPSA) is 32.3 Å². The van der Waals surface area contributed by atoms with E-state index in [0.29, 0.717) is 6.54 Å². The molecule has 0 fully saturated rings. The van der Waals surface area contributed by atoms with Crippen molar-refractivity contribution in [3.8, 4) is 0 Å². The molecule has 2 rings (SSSR count). The number of carbonyl (C=O) groups is 1. The van der Waals surface area contributed by atoms with Crippen molar-refractivity contribution in [2.45, 2.75) is 13.8 Å². The lowest BCUT2D eigenvalue weighted by atomic mass is 10.1. The van der Waals surface area contributed by atoms with Gasteiger partial charge in [-0.15, -0.1) is 12.4 Å². The maximum absolute atomic E-state index is 12.2. The second-order valence-corrected chi connectivity index (χ2v) is 6.23. The van der Waals surface area contributed by atoms with Crippen molar-refractivity contribution in [3.05, 3.63) is 45.5 Å². The van der Waals surface area contributed by atoms with E-state index in [9.17, 15) is 4.79 Å². The van der Waals surface area contributed by atoms with Gasteiger partial charge in [-0.3, -0.25) is 4.79 Å². The van der Waals surface area contributed by atoms with E-state index < -0.39 is 0 Å². The van der Waals surface area contributed by atoms with Gasteiger partial charge in [-0.1, -0.05) is 26.0 Å². The summed E-state index contributed by atoms with van der Waals surface area (Å²) in [7, 11) is 0. The monoisotopic (exact) mass is 432 g/mol. The standard InChI is InChI=1S/C17H21IN2O.ClH/c1-3-20(4-2)10-9-19-17(21)15-6-5-14-12-16(18)8-7-13(14)11-15;/h5-8,11-12H,3-4,9-10H2,1-2H3,(H,19,21);1H. The summed E-state index contributed by atoms with van der Waals surface area (Å²) in [6.07, 6.45) is 0. The molecule has 0 aliphatic carbocycles.